The number of carbonyl (C=O) groups is 1. The number of aryl methyl sites for hydroxylation is 3. The zero-order valence-electron chi connectivity index (χ0n) is 13.5. The van der Waals surface area contributed by atoms with E-state index in [9.17, 15) is 9.59 Å². The van der Waals surface area contributed by atoms with Crippen LogP contribution in [-0.4, -0.2) is 20.3 Å². The molecule has 0 aliphatic carbocycles. The number of oxazole rings is 1. The van der Waals surface area contributed by atoms with E-state index in [0.717, 1.165) is 11.3 Å². The molecule has 1 unspecified atom stereocenters. The van der Waals surface area contributed by atoms with Gasteiger partial charge in [-0.2, -0.15) is 5.10 Å². The van der Waals surface area contributed by atoms with E-state index in [4.69, 9.17) is 4.42 Å². The maximum Gasteiger partial charge on any atom is 0.419 e. The van der Waals surface area contributed by atoms with E-state index in [1.54, 1.807) is 29.9 Å². The molecule has 2 heterocycles. The van der Waals surface area contributed by atoms with Crippen LogP contribution in [0, 0.1) is 6.92 Å². The van der Waals surface area contributed by atoms with Crippen LogP contribution in [0.3, 0.4) is 0 Å². The van der Waals surface area contributed by atoms with E-state index >= 15 is 0 Å². The van der Waals surface area contributed by atoms with Crippen molar-refractivity contribution in [1.29, 1.82) is 0 Å². The predicted octanol–water partition coefficient (Wildman–Crippen LogP) is 1.66. The molecule has 3 aromatic rings. The number of hydrogen-bond acceptors (Lipinski definition) is 4. The Morgan fingerprint density at radius 1 is 1.35 bits per heavy atom. The summed E-state index contributed by atoms with van der Waals surface area (Å²) in [7, 11) is 3.45. The van der Waals surface area contributed by atoms with Gasteiger partial charge in [0.2, 0.25) is 0 Å². The van der Waals surface area contributed by atoms with Crippen molar-refractivity contribution in [3.63, 3.8) is 0 Å². The third kappa shape index (κ3) is 2.54. The SMILES string of the molecule is Cc1nn(C)cc1C(C)NC(=O)c1cccc2c1oc(=O)n2C. The fourth-order valence-corrected chi connectivity index (χ4v) is 2.72. The topological polar surface area (TPSA) is 82.1 Å². The second-order valence-corrected chi connectivity index (χ2v) is 5.62. The van der Waals surface area contributed by atoms with Crippen molar-refractivity contribution in [3.05, 3.63) is 51.8 Å². The molecule has 120 valence electrons. The summed E-state index contributed by atoms with van der Waals surface area (Å²) < 4.78 is 8.28. The van der Waals surface area contributed by atoms with Crippen LogP contribution in [0.25, 0.3) is 11.1 Å². The molecule has 0 aliphatic heterocycles. The first-order chi connectivity index (χ1) is 10.9. The summed E-state index contributed by atoms with van der Waals surface area (Å²) in [6, 6.07) is 4.91. The van der Waals surface area contributed by atoms with Crippen LogP contribution in [0.15, 0.2) is 33.6 Å². The molecule has 1 N–H and O–H groups in total. The van der Waals surface area contributed by atoms with Crippen LogP contribution < -0.4 is 11.1 Å². The third-order valence-electron chi connectivity index (χ3n) is 3.93. The molecule has 1 atom stereocenters. The molecule has 0 saturated carbocycles. The monoisotopic (exact) mass is 314 g/mol. The molecule has 23 heavy (non-hydrogen) atoms. The highest BCUT2D eigenvalue weighted by atomic mass is 16.4. The number of nitrogens with zero attached hydrogens (tertiary/aromatic N) is 3. The zero-order chi connectivity index (χ0) is 16.7. The second kappa shape index (κ2) is 5.42. The van der Waals surface area contributed by atoms with Crippen LogP contribution >= 0.6 is 0 Å². The summed E-state index contributed by atoms with van der Waals surface area (Å²) in [6.07, 6.45) is 1.88. The van der Waals surface area contributed by atoms with Gasteiger partial charge < -0.3 is 9.73 Å². The van der Waals surface area contributed by atoms with E-state index in [1.165, 1.54) is 4.57 Å². The molecule has 0 bridgehead atoms. The lowest BCUT2D eigenvalue weighted by molar-refractivity contribution is 0.0940. The van der Waals surface area contributed by atoms with Gasteiger partial charge in [-0.25, -0.2) is 4.79 Å². The Kier molecular flexibility index (Phi) is 3.55. The molecule has 0 fully saturated rings. The van der Waals surface area contributed by atoms with Crippen LogP contribution in [0.5, 0.6) is 0 Å². The number of para-hydroxylation sites is 1. The summed E-state index contributed by atoms with van der Waals surface area (Å²) in [4.78, 5) is 24.2. The van der Waals surface area contributed by atoms with Gasteiger partial charge in [-0.15, -0.1) is 0 Å². The minimum Gasteiger partial charge on any atom is -0.407 e. The van der Waals surface area contributed by atoms with E-state index in [1.807, 2.05) is 27.1 Å². The maximum absolute atomic E-state index is 12.6. The molecule has 0 radical (unpaired) electrons. The molecule has 2 aromatic heterocycles. The number of nitrogens with one attached hydrogen (secondary N) is 1. The van der Waals surface area contributed by atoms with Gasteiger partial charge in [-0.3, -0.25) is 14.0 Å². The lowest BCUT2D eigenvalue weighted by Gasteiger charge is -2.13. The first kappa shape index (κ1) is 15.1. The van der Waals surface area contributed by atoms with E-state index in [2.05, 4.69) is 10.4 Å². The Hall–Kier alpha value is -2.83. The van der Waals surface area contributed by atoms with Gasteiger partial charge in [0.05, 0.1) is 22.8 Å². The van der Waals surface area contributed by atoms with Crippen LogP contribution in [0.2, 0.25) is 0 Å². The highest BCUT2D eigenvalue weighted by Crippen LogP contribution is 2.20. The highest BCUT2D eigenvalue weighted by Gasteiger charge is 2.19. The fourth-order valence-electron chi connectivity index (χ4n) is 2.72. The molecule has 3 rings (SSSR count). The second-order valence-electron chi connectivity index (χ2n) is 5.62. The van der Waals surface area contributed by atoms with Gasteiger partial charge in [0.25, 0.3) is 5.91 Å². The third-order valence-corrected chi connectivity index (χ3v) is 3.93. The Balaban J connectivity index is 1.93. The summed E-state index contributed by atoms with van der Waals surface area (Å²) in [5.74, 6) is -0.780. The van der Waals surface area contributed by atoms with Gasteiger partial charge in [0.1, 0.15) is 0 Å². The van der Waals surface area contributed by atoms with Crippen molar-refractivity contribution in [2.75, 3.05) is 0 Å². The molecular formula is C16H18N4O3. The Labute approximate surface area is 132 Å². The average Bonchev–Trinajstić information content (AvgIpc) is 2.98. The smallest absolute Gasteiger partial charge is 0.407 e. The number of benzene rings is 1. The number of hydrogen-bond donors (Lipinski definition) is 1. The minimum atomic E-state index is -0.489. The first-order valence-electron chi connectivity index (χ1n) is 7.28. The summed E-state index contributed by atoms with van der Waals surface area (Å²) in [5.41, 5.74) is 3.04. The number of carbonyl (C=O) groups excluding carboxylic acids is 1. The average molecular weight is 314 g/mol. The molecule has 1 amide bonds. The lowest BCUT2D eigenvalue weighted by Crippen LogP contribution is -2.27. The molecule has 7 heteroatoms. The summed E-state index contributed by atoms with van der Waals surface area (Å²) in [5, 5.41) is 7.20. The standard InChI is InChI=1S/C16H18N4O3/c1-9(12-8-19(3)18-10(12)2)17-15(21)11-6-5-7-13-14(11)23-16(22)20(13)4/h5-9H,1-4H3,(H,17,21). The van der Waals surface area contributed by atoms with E-state index in [-0.39, 0.29) is 11.9 Å². The maximum atomic E-state index is 12.6. The molecule has 7 nitrogen and oxygen atoms in total. The van der Waals surface area contributed by atoms with Gasteiger partial charge in [0, 0.05) is 25.9 Å². The highest BCUT2D eigenvalue weighted by molar-refractivity contribution is 6.04. The Morgan fingerprint density at radius 3 is 2.74 bits per heavy atom. The zero-order valence-corrected chi connectivity index (χ0v) is 13.5. The number of amides is 1. The van der Waals surface area contributed by atoms with Gasteiger partial charge in [-0.1, -0.05) is 6.07 Å². The lowest BCUT2D eigenvalue weighted by atomic mass is 10.1. The van der Waals surface area contributed by atoms with Crippen molar-refractivity contribution in [3.8, 4) is 0 Å². The Morgan fingerprint density at radius 2 is 2.09 bits per heavy atom. The molecule has 0 saturated heterocycles. The van der Waals surface area contributed by atoms with Crippen LogP contribution in [-0.2, 0) is 14.1 Å². The number of aromatic nitrogens is 3. The van der Waals surface area contributed by atoms with Gasteiger partial charge in [-0.05, 0) is 26.0 Å². The van der Waals surface area contributed by atoms with Gasteiger partial charge >= 0.3 is 5.76 Å². The van der Waals surface area contributed by atoms with Crippen molar-refractivity contribution in [1.82, 2.24) is 19.7 Å². The molecular weight excluding hydrogens is 296 g/mol. The Bertz CT molecular complexity index is 948. The van der Waals surface area contributed by atoms with E-state index in [0.29, 0.717) is 16.7 Å². The normalized spacial score (nSPS) is 12.5. The van der Waals surface area contributed by atoms with Crippen molar-refractivity contribution in [2.24, 2.45) is 14.1 Å². The van der Waals surface area contributed by atoms with E-state index < -0.39 is 5.76 Å². The molecule has 0 aliphatic rings. The molecule has 1 aromatic carbocycles. The van der Waals surface area contributed by atoms with Gasteiger partial charge in [0.15, 0.2) is 5.58 Å². The largest absolute Gasteiger partial charge is 0.419 e. The predicted molar refractivity (Wildman–Crippen MR) is 85.3 cm³/mol. The van der Waals surface area contributed by atoms with Crippen molar-refractivity contribution < 1.29 is 9.21 Å². The minimum absolute atomic E-state index is 0.207. The summed E-state index contributed by atoms with van der Waals surface area (Å²) in [6.45, 7) is 3.79. The molecule has 0 spiro atoms. The number of rotatable bonds is 3. The van der Waals surface area contributed by atoms with Crippen molar-refractivity contribution >= 4 is 17.0 Å². The number of fused-ring (bicyclic) bond motifs is 1. The summed E-state index contributed by atoms with van der Waals surface area (Å²) >= 11 is 0. The fraction of sp³-hybridized carbons (Fsp3) is 0.312. The quantitative estimate of drug-likeness (QED) is 0.797. The van der Waals surface area contributed by atoms with Crippen LogP contribution in [0.1, 0.15) is 34.6 Å². The van der Waals surface area contributed by atoms with Crippen molar-refractivity contribution in [2.45, 2.75) is 19.9 Å². The first-order valence-corrected chi connectivity index (χ1v) is 7.28. The van der Waals surface area contributed by atoms with Crippen LogP contribution in [0.4, 0.5) is 0 Å².